The summed E-state index contributed by atoms with van der Waals surface area (Å²) in [5, 5.41) is 64.1. The summed E-state index contributed by atoms with van der Waals surface area (Å²) in [5.41, 5.74) is 16.3. The summed E-state index contributed by atoms with van der Waals surface area (Å²) in [6.07, 6.45) is -5.39. The molecule has 0 radical (unpaired) electrons. The summed E-state index contributed by atoms with van der Waals surface area (Å²) in [6.45, 7) is 2.41. The van der Waals surface area contributed by atoms with Crippen molar-refractivity contribution in [1.29, 1.82) is 0 Å². The van der Waals surface area contributed by atoms with E-state index < -0.39 is 176 Å². The molecule has 0 aromatic heterocycles. The zero-order chi connectivity index (χ0) is 52.4. The molecule has 2 fully saturated rings. The van der Waals surface area contributed by atoms with E-state index in [0.717, 1.165) is 16.7 Å². The number of hydrogen-bond acceptors (Lipinski definition) is 17. The minimum Gasteiger partial charge on any atom is -0.481 e. The molecule has 2 heterocycles. The van der Waals surface area contributed by atoms with Crippen LogP contribution in [0, 0.1) is 5.92 Å². The molecular formula is C40H65N11O17S. The maximum absolute atomic E-state index is 14.0. The van der Waals surface area contributed by atoms with E-state index in [-0.39, 0.29) is 38.5 Å². The molecule has 10 amide bonds. The van der Waals surface area contributed by atoms with E-state index in [0.29, 0.717) is 5.75 Å². The van der Waals surface area contributed by atoms with Crippen LogP contribution in [0.2, 0.25) is 0 Å². The van der Waals surface area contributed by atoms with Crippen LogP contribution in [0.5, 0.6) is 0 Å². The predicted octanol–water partition coefficient (Wildman–Crippen LogP) is -7.34. The first-order valence-electron chi connectivity index (χ1n) is 21.9. The molecule has 11 atom stereocenters. The highest BCUT2D eigenvalue weighted by Gasteiger charge is 2.46. The van der Waals surface area contributed by atoms with Crippen LogP contribution in [0.3, 0.4) is 0 Å². The van der Waals surface area contributed by atoms with Gasteiger partial charge in [0.1, 0.15) is 42.3 Å². The normalized spacial score (nSPS) is 20.8. The highest BCUT2D eigenvalue weighted by atomic mass is 32.2. The number of carboxylic acids is 2. The van der Waals surface area contributed by atoms with Gasteiger partial charge in [0.05, 0.1) is 37.3 Å². The smallest absolute Gasteiger partial charge is 0.326 e. The van der Waals surface area contributed by atoms with Crippen LogP contribution in [0.15, 0.2) is 0 Å². The van der Waals surface area contributed by atoms with Gasteiger partial charge in [0.15, 0.2) is 0 Å². The number of nitrogens with two attached hydrogens (primary N) is 3. The number of β-amino-alcohol motifs (C(OH)–C–C–N with tert-alkyl or cyclic N) is 2. The number of carbonyl (C=O) groups excluding carboxylic acids is 10. The lowest BCUT2D eigenvalue weighted by Crippen LogP contribution is -2.62. The number of aliphatic hydroxyl groups excluding tert-OH is 3. The third-order valence-electron chi connectivity index (χ3n) is 11.0. The van der Waals surface area contributed by atoms with Gasteiger partial charge >= 0.3 is 11.9 Å². The van der Waals surface area contributed by atoms with Gasteiger partial charge in [0.25, 0.3) is 0 Å². The third kappa shape index (κ3) is 18.7. The van der Waals surface area contributed by atoms with Crippen molar-refractivity contribution < 1.29 is 83.1 Å². The molecule has 0 aromatic carbocycles. The van der Waals surface area contributed by atoms with Gasteiger partial charge in [-0.05, 0) is 44.1 Å². The Hall–Kier alpha value is -6.17. The topological polar surface area (TPSA) is 463 Å². The number of carboxylic acid groups (broad SMARTS) is 2. The Kier molecular flexibility index (Phi) is 23.7. The molecule has 2 aliphatic heterocycles. The molecule has 2 aliphatic rings. The van der Waals surface area contributed by atoms with Crippen LogP contribution >= 0.6 is 11.8 Å². The van der Waals surface area contributed by atoms with Gasteiger partial charge in [-0.1, -0.05) is 13.8 Å². The zero-order valence-electron chi connectivity index (χ0n) is 38.6. The first kappa shape index (κ1) is 59.0. The Labute approximate surface area is 400 Å². The van der Waals surface area contributed by atoms with Gasteiger partial charge in [-0.2, -0.15) is 11.8 Å². The summed E-state index contributed by atoms with van der Waals surface area (Å²) in [5.74, 6) is -12.9. The first-order valence-corrected chi connectivity index (χ1v) is 23.3. The Bertz CT molecular complexity index is 1930. The largest absolute Gasteiger partial charge is 0.481 e. The molecule has 2 saturated heterocycles. The zero-order valence-corrected chi connectivity index (χ0v) is 39.4. The minimum atomic E-state index is -1.79. The Morgan fingerprint density at radius 2 is 1.22 bits per heavy atom. The van der Waals surface area contributed by atoms with Crippen molar-refractivity contribution in [2.45, 2.75) is 139 Å². The Balaban J connectivity index is 2.26. The number of hydrogen-bond donors (Lipinski definition) is 14. The lowest BCUT2D eigenvalue weighted by atomic mass is 10.0. The molecule has 0 saturated carbocycles. The molecule has 0 unspecified atom stereocenters. The van der Waals surface area contributed by atoms with Gasteiger partial charge in [-0.3, -0.25) is 52.7 Å². The Morgan fingerprint density at radius 3 is 1.72 bits per heavy atom. The summed E-state index contributed by atoms with van der Waals surface area (Å²) in [7, 11) is 0. The van der Waals surface area contributed by atoms with Crippen LogP contribution < -0.4 is 49.1 Å². The van der Waals surface area contributed by atoms with E-state index in [4.69, 9.17) is 22.3 Å². The van der Waals surface area contributed by atoms with Crippen LogP contribution in [-0.4, -0.2) is 205 Å². The standard InChI is InChI=1S/C40H65N11O17S/c1-17(2)31(37(64)47-24(13-28(43)56)38(65)50-15-19(53)11-25(50)35(62)44-14-29(57)45-23(40(67)68)6-7-27(42)55)48-36(63)26-12-20(54)16-51(26)39(66)32(18(3)52)49-34(61)22(9-10-69-4)46-33(60)21(41)5-8-30(58)59/h17-26,31-32,52-54H,5-16,41H2,1-4H3,(H2,42,55)(H2,43,56)(H,44,62)(H,45,57)(H,46,60)(H,47,64)(H,48,63)(H,49,61)(H,58,59)(H,67,68)/t18-,19-,20-,21+,22+,23+,24+,25+,26+,31+,32+/m1/s1. The lowest BCUT2D eigenvalue weighted by molar-refractivity contribution is -0.145. The quantitative estimate of drug-likeness (QED) is 0.0346. The van der Waals surface area contributed by atoms with Crippen molar-refractivity contribution >= 4 is 82.8 Å². The van der Waals surface area contributed by atoms with Crippen LogP contribution in [0.25, 0.3) is 0 Å². The number of aliphatic carboxylic acids is 2. The second kappa shape index (κ2) is 27.7. The van der Waals surface area contributed by atoms with Gasteiger partial charge in [-0.15, -0.1) is 0 Å². The van der Waals surface area contributed by atoms with Crippen molar-refractivity contribution in [2.75, 3.05) is 31.6 Å². The number of thioether (sulfide) groups is 1. The predicted molar refractivity (Wildman–Crippen MR) is 239 cm³/mol. The maximum Gasteiger partial charge on any atom is 0.326 e. The maximum atomic E-state index is 14.0. The molecule has 0 bridgehead atoms. The monoisotopic (exact) mass is 1000 g/mol. The average molecular weight is 1000 g/mol. The second-order valence-corrected chi connectivity index (χ2v) is 18.0. The number of likely N-dealkylation sites (tertiary alicyclic amines) is 2. The SMILES string of the molecule is CSCC[C@H](NC(=O)[C@@H](N)CCC(=O)O)C(=O)N[C@H](C(=O)N1C[C@H](O)C[C@H]1C(=O)N[C@H](C(=O)N[C@@H](CC(N)=O)C(=O)N1C[C@H](O)C[C@H]1C(=O)NCC(=O)N[C@@H](CCC(N)=O)C(=O)O)C(C)C)[C@@H](C)O. The van der Waals surface area contributed by atoms with Crippen LogP contribution in [0.4, 0.5) is 0 Å². The highest BCUT2D eigenvalue weighted by molar-refractivity contribution is 7.98. The molecule has 388 valence electrons. The van der Waals surface area contributed by atoms with Gasteiger partial charge in [0.2, 0.25) is 59.1 Å². The van der Waals surface area contributed by atoms with Crippen LogP contribution in [0.1, 0.15) is 72.1 Å². The molecule has 0 spiro atoms. The molecule has 2 rings (SSSR count). The van der Waals surface area contributed by atoms with Gasteiger partial charge in [0, 0.05) is 38.8 Å². The van der Waals surface area contributed by atoms with E-state index >= 15 is 0 Å². The number of aliphatic hydroxyl groups is 3. The fourth-order valence-corrected chi connectivity index (χ4v) is 7.82. The average Bonchev–Trinajstić information content (AvgIpc) is 3.86. The summed E-state index contributed by atoms with van der Waals surface area (Å²) < 4.78 is 0. The molecule has 29 heteroatoms. The summed E-state index contributed by atoms with van der Waals surface area (Å²) in [4.78, 5) is 155. The lowest BCUT2D eigenvalue weighted by Gasteiger charge is -2.32. The van der Waals surface area contributed by atoms with Crippen molar-refractivity contribution in [1.82, 2.24) is 41.7 Å². The van der Waals surface area contributed by atoms with Crippen LogP contribution in [-0.2, 0) is 57.5 Å². The van der Waals surface area contributed by atoms with E-state index in [9.17, 15) is 78.0 Å². The molecule has 69 heavy (non-hydrogen) atoms. The second-order valence-electron chi connectivity index (χ2n) is 17.0. The Morgan fingerprint density at radius 1 is 0.652 bits per heavy atom. The van der Waals surface area contributed by atoms with E-state index in [1.165, 1.54) is 25.6 Å². The van der Waals surface area contributed by atoms with E-state index in [2.05, 4.69) is 31.9 Å². The number of nitrogens with one attached hydrogen (secondary N) is 6. The van der Waals surface area contributed by atoms with E-state index in [1.807, 2.05) is 0 Å². The summed E-state index contributed by atoms with van der Waals surface area (Å²) >= 11 is 1.32. The van der Waals surface area contributed by atoms with E-state index in [1.54, 1.807) is 6.26 Å². The molecule has 0 aromatic rings. The first-order chi connectivity index (χ1) is 32.2. The number of primary amides is 2. The highest BCUT2D eigenvalue weighted by Crippen LogP contribution is 2.23. The van der Waals surface area contributed by atoms with Gasteiger partial charge < -0.3 is 84.4 Å². The van der Waals surface area contributed by atoms with Crippen molar-refractivity contribution in [3.63, 3.8) is 0 Å². The number of nitrogens with zero attached hydrogens (tertiary/aromatic N) is 2. The fourth-order valence-electron chi connectivity index (χ4n) is 7.35. The molecule has 28 nitrogen and oxygen atoms in total. The van der Waals surface area contributed by atoms with Crippen molar-refractivity contribution in [3.8, 4) is 0 Å². The van der Waals surface area contributed by atoms with Gasteiger partial charge in [-0.25, -0.2) is 4.79 Å². The minimum absolute atomic E-state index is 0.0275. The molecule has 17 N–H and O–H groups in total. The number of carbonyl (C=O) groups is 12. The van der Waals surface area contributed by atoms with Crippen molar-refractivity contribution in [2.24, 2.45) is 23.1 Å². The fraction of sp³-hybridized carbons (Fsp3) is 0.700. The number of rotatable bonds is 28. The number of amides is 10. The summed E-state index contributed by atoms with van der Waals surface area (Å²) in [6, 6.07) is -12.1. The molecular weight excluding hydrogens is 939 g/mol. The van der Waals surface area contributed by atoms with Crippen molar-refractivity contribution in [3.05, 3.63) is 0 Å². The molecule has 0 aliphatic carbocycles. The third-order valence-corrected chi connectivity index (χ3v) is 11.7.